The van der Waals surface area contributed by atoms with Gasteiger partial charge < -0.3 is 33.8 Å². The van der Waals surface area contributed by atoms with Crippen molar-refractivity contribution >= 4 is 39.5 Å². The molecule has 0 heterocycles. The summed E-state index contributed by atoms with van der Waals surface area (Å²) in [5, 5.41) is 10.6. The lowest BCUT2D eigenvalue weighted by Gasteiger charge is -2.21. The van der Waals surface area contributed by atoms with Crippen LogP contribution in [0.4, 0.5) is 0 Å². The molecule has 0 spiro atoms. The highest BCUT2D eigenvalue weighted by Crippen LogP contribution is 2.45. The number of phosphoric acid groups is 2. The van der Waals surface area contributed by atoms with E-state index in [0.29, 0.717) is 25.7 Å². The maximum Gasteiger partial charge on any atom is 0.472 e. The third-order valence-electron chi connectivity index (χ3n) is 16.2. The summed E-state index contributed by atoms with van der Waals surface area (Å²) in [6.45, 7) is 7.18. The zero-order valence-electron chi connectivity index (χ0n) is 58.5. The molecule has 17 nitrogen and oxygen atoms in total. The first-order valence-corrected chi connectivity index (χ1v) is 39.9. The summed E-state index contributed by atoms with van der Waals surface area (Å²) in [5.74, 6) is -1.35. The largest absolute Gasteiger partial charge is 0.472 e. The van der Waals surface area contributed by atoms with Crippen LogP contribution in [0, 0.1) is 5.92 Å². The molecule has 91 heavy (non-hydrogen) atoms. The highest BCUT2D eigenvalue weighted by Gasteiger charge is 2.30. The predicted octanol–water partition coefficient (Wildman–Crippen LogP) is 20.5. The van der Waals surface area contributed by atoms with Gasteiger partial charge in [0.1, 0.15) is 19.3 Å². The van der Waals surface area contributed by atoms with Gasteiger partial charge in [0, 0.05) is 25.7 Å². The van der Waals surface area contributed by atoms with Crippen LogP contribution in [-0.2, 0) is 65.4 Å². The minimum atomic E-state index is -4.96. The number of rotatable bonds is 70. The number of esters is 4. The second-order valence-corrected chi connectivity index (χ2v) is 28.7. The molecule has 0 aromatic heterocycles. The fraction of sp³-hybridized carbons (Fsp3) is 0.889. The van der Waals surface area contributed by atoms with E-state index in [2.05, 4.69) is 58.9 Å². The lowest BCUT2D eigenvalue weighted by atomic mass is 10.0. The van der Waals surface area contributed by atoms with Crippen LogP contribution in [0.5, 0.6) is 0 Å². The fourth-order valence-electron chi connectivity index (χ4n) is 10.5. The summed E-state index contributed by atoms with van der Waals surface area (Å²) in [6, 6.07) is 0. The van der Waals surface area contributed by atoms with Crippen LogP contribution in [0.2, 0.25) is 0 Å². The fourth-order valence-corrected chi connectivity index (χ4v) is 12.0. The average Bonchev–Trinajstić information content (AvgIpc) is 3.36. The van der Waals surface area contributed by atoms with Crippen LogP contribution >= 0.6 is 15.6 Å². The first-order chi connectivity index (χ1) is 44.0. The van der Waals surface area contributed by atoms with E-state index in [1.807, 2.05) is 0 Å². The number of hydrogen-bond acceptors (Lipinski definition) is 15. The van der Waals surface area contributed by atoms with Gasteiger partial charge in [0.2, 0.25) is 0 Å². The Bertz CT molecular complexity index is 1850. The predicted molar refractivity (Wildman–Crippen MR) is 368 cm³/mol. The molecule has 0 aliphatic heterocycles. The summed E-state index contributed by atoms with van der Waals surface area (Å²) in [7, 11) is -9.91. The van der Waals surface area contributed by atoms with Crippen molar-refractivity contribution in [3.8, 4) is 0 Å². The first kappa shape index (κ1) is 88.5. The Kier molecular flexibility index (Phi) is 63.1. The van der Waals surface area contributed by atoms with Crippen molar-refractivity contribution in [2.45, 2.75) is 368 Å². The van der Waals surface area contributed by atoms with E-state index in [4.69, 9.17) is 37.0 Å². The van der Waals surface area contributed by atoms with Gasteiger partial charge in [-0.15, -0.1) is 0 Å². The molecule has 0 amide bonds. The summed E-state index contributed by atoms with van der Waals surface area (Å²) >= 11 is 0. The summed E-state index contributed by atoms with van der Waals surface area (Å²) in [6.07, 6.45) is 55.0. The van der Waals surface area contributed by atoms with E-state index in [9.17, 15) is 43.2 Å². The lowest BCUT2D eigenvalue weighted by Crippen LogP contribution is -2.30. The lowest BCUT2D eigenvalue weighted by molar-refractivity contribution is -0.161. The number of carbonyl (C=O) groups excluding carboxylic acids is 4. The van der Waals surface area contributed by atoms with Crippen molar-refractivity contribution in [3.05, 3.63) is 24.3 Å². The third kappa shape index (κ3) is 66.0. The Balaban J connectivity index is 5.22. The van der Waals surface area contributed by atoms with E-state index in [-0.39, 0.29) is 25.7 Å². The average molecular weight is 1340 g/mol. The van der Waals surface area contributed by atoms with Crippen molar-refractivity contribution in [3.63, 3.8) is 0 Å². The van der Waals surface area contributed by atoms with Crippen LogP contribution in [-0.4, -0.2) is 96.7 Å². The number of ether oxygens (including phenoxy) is 4. The zero-order valence-corrected chi connectivity index (χ0v) is 60.3. The van der Waals surface area contributed by atoms with E-state index < -0.39 is 97.5 Å². The molecule has 3 N–H and O–H groups in total. The topological polar surface area (TPSA) is 237 Å². The highest BCUT2D eigenvalue weighted by atomic mass is 31.2. The van der Waals surface area contributed by atoms with Gasteiger partial charge in [0.15, 0.2) is 12.2 Å². The Morgan fingerprint density at radius 2 is 0.593 bits per heavy atom. The van der Waals surface area contributed by atoms with Gasteiger partial charge >= 0.3 is 39.5 Å². The third-order valence-corrected chi connectivity index (χ3v) is 18.1. The van der Waals surface area contributed by atoms with Crippen molar-refractivity contribution in [1.29, 1.82) is 0 Å². The van der Waals surface area contributed by atoms with Crippen LogP contribution in [0.15, 0.2) is 24.3 Å². The molecule has 0 saturated carbocycles. The molecule has 0 fully saturated rings. The minimum Gasteiger partial charge on any atom is -0.462 e. The van der Waals surface area contributed by atoms with Gasteiger partial charge in [0.05, 0.1) is 26.4 Å². The van der Waals surface area contributed by atoms with Crippen LogP contribution in [0.3, 0.4) is 0 Å². The van der Waals surface area contributed by atoms with Crippen LogP contribution < -0.4 is 0 Å². The molecule has 0 rings (SSSR count). The summed E-state index contributed by atoms with van der Waals surface area (Å²) in [4.78, 5) is 72.4. The normalized spacial score (nSPS) is 14.2. The molecular weight excluding hydrogens is 1200 g/mol. The molecule has 0 bridgehead atoms. The quantitative estimate of drug-likeness (QED) is 0.0169. The summed E-state index contributed by atoms with van der Waals surface area (Å²) < 4.78 is 68.2. The monoisotopic (exact) mass is 1330 g/mol. The van der Waals surface area contributed by atoms with Gasteiger partial charge in [-0.3, -0.25) is 37.3 Å². The molecule has 5 atom stereocenters. The van der Waals surface area contributed by atoms with Crippen LogP contribution in [0.25, 0.3) is 0 Å². The molecule has 0 aromatic carbocycles. The molecule has 0 saturated heterocycles. The van der Waals surface area contributed by atoms with Gasteiger partial charge in [-0.1, -0.05) is 296 Å². The molecule has 536 valence electrons. The van der Waals surface area contributed by atoms with E-state index >= 15 is 0 Å². The Hall–Kier alpha value is -2.46. The van der Waals surface area contributed by atoms with Gasteiger partial charge in [-0.2, -0.15) is 0 Å². The highest BCUT2D eigenvalue weighted by molar-refractivity contribution is 7.47. The van der Waals surface area contributed by atoms with Crippen molar-refractivity contribution in [2.24, 2.45) is 5.92 Å². The Morgan fingerprint density at radius 3 is 0.901 bits per heavy atom. The van der Waals surface area contributed by atoms with E-state index in [1.165, 1.54) is 148 Å². The number of aliphatic hydroxyl groups excluding tert-OH is 1. The molecule has 0 aromatic rings. The second-order valence-electron chi connectivity index (χ2n) is 25.8. The molecule has 0 aliphatic rings. The number of aliphatic hydroxyl groups is 1. The second kappa shape index (κ2) is 64.9. The molecule has 19 heteroatoms. The number of unbranched alkanes of at least 4 members (excludes halogenated alkanes) is 39. The standard InChI is InChI=1S/C72H136O17P2/c1-6-9-12-15-18-21-22-23-26-30-33-37-41-46-51-56-70(75)83-62-68(89-72(77)58-53-48-43-38-34-31-28-25-24-27-29-32-36-39-44-49-54-65(4)5)64-87-91(80,81)85-60-66(73)59-84-90(78,79)86-63-67(61-82-69(74)55-50-45-40-20-17-14-11-8-3)88-71(76)57-52-47-42-35-19-16-13-10-7-2/h21-23,26,65-68,73H,6-20,24-25,27-64H2,1-5H3,(H,78,79)(H,80,81)/b22-21-,26-23-/t66-,67+,68+/m0/s1. The smallest absolute Gasteiger partial charge is 0.462 e. The van der Waals surface area contributed by atoms with Gasteiger partial charge in [0.25, 0.3) is 0 Å². The maximum atomic E-state index is 13.0. The van der Waals surface area contributed by atoms with Crippen molar-refractivity contribution < 1.29 is 80.2 Å². The Morgan fingerprint density at radius 1 is 0.341 bits per heavy atom. The van der Waals surface area contributed by atoms with Crippen LogP contribution in [0.1, 0.15) is 349 Å². The zero-order chi connectivity index (χ0) is 67.0. The molecule has 0 radical (unpaired) electrons. The van der Waals surface area contributed by atoms with Crippen molar-refractivity contribution in [1.82, 2.24) is 0 Å². The number of phosphoric ester groups is 2. The molecule has 0 aliphatic carbocycles. The van der Waals surface area contributed by atoms with E-state index in [0.717, 1.165) is 121 Å². The number of carbonyl (C=O) groups is 4. The number of hydrogen-bond donors (Lipinski definition) is 3. The molecular formula is C72H136O17P2. The van der Waals surface area contributed by atoms with Gasteiger partial charge in [-0.25, -0.2) is 9.13 Å². The molecule has 2 unspecified atom stereocenters. The minimum absolute atomic E-state index is 0.101. The van der Waals surface area contributed by atoms with E-state index in [1.54, 1.807) is 0 Å². The number of allylic oxidation sites excluding steroid dienone is 4. The maximum absolute atomic E-state index is 13.0. The SMILES string of the molecule is CCCCCC/C=C\C=C/CCCCCCCC(=O)OC[C@H](COP(=O)(O)OC[C@@H](O)COP(=O)(O)OC[C@@H](COC(=O)CCCCCCCCCC)OC(=O)CCCCCCCCCCC)OC(=O)CCCCCCCCCCCCCCCCCCC(C)C. The first-order valence-electron chi connectivity index (χ1n) is 37.0. The van der Waals surface area contributed by atoms with Gasteiger partial charge in [-0.05, 0) is 57.3 Å². The van der Waals surface area contributed by atoms with Crippen molar-refractivity contribution in [2.75, 3.05) is 39.6 Å². The summed E-state index contributed by atoms with van der Waals surface area (Å²) in [5.41, 5.74) is 0. The Labute approximate surface area is 554 Å².